The summed E-state index contributed by atoms with van der Waals surface area (Å²) in [5.41, 5.74) is 6.54. The summed E-state index contributed by atoms with van der Waals surface area (Å²) in [5, 5.41) is 10.1. The van der Waals surface area contributed by atoms with Crippen molar-refractivity contribution in [2.45, 2.75) is 19.8 Å². The van der Waals surface area contributed by atoms with Gasteiger partial charge in [-0.15, -0.1) is 0 Å². The van der Waals surface area contributed by atoms with E-state index < -0.39 is 0 Å². The maximum absolute atomic E-state index is 12.7. The first-order valence-corrected chi connectivity index (χ1v) is 9.75. The lowest BCUT2D eigenvalue weighted by Crippen LogP contribution is -2.13. The van der Waals surface area contributed by atoms with Gasteiger partial charge in [0.2, 0.25) is 0 Å². The molecular formula is C25H23N3O. The smallest absolute Gasteiger partial charge is 0.273 e. The second-order valence-corrected chi connectivity index (χ2v) is 7.12. The third kappa shape index (κ3) is 4.61. The van der Waals surface area contributed by atoms with Crippen molar-refractivity contribution in [2.75, 3.05) is 5.32 Å². The number of aromatic nitrogens is 2. The average molecular weight is 381 g/mol. The van der Waals surface area contributed by atoms with Crippen LogP contribution in [0.2, 0.25) is 0 Å². The number of aryl methyl sites for hydroxylation is 3. The van der Waals surface area contributed by atoms with Gasteiger partial charge < -0.3 is 5.32 Å². The number of amides is 1. The Morgan fingerprint density at radius 1 is 0.862 bits per heavy atom. The van der Waals surface area contributed by atoms with E-state index in [0.717, 1.165) is 35.3 Å². The third-order valence-corrected chi connectivity index (χ3v) is 4.99. The molecule has 1 aromatic heterocycles. The van der Waals surface area contributed by atoms with Crippen molar-refractivity contribution in [3.05, 3.63) is 107 Å². The van der Waals surface area contributed by atoms with Gasteiger partial charge in [0, 0.05) is 11.3 Å². The molecule has 4 aromatic rings. The van der Waals surface area contributed by atoms with E-state index >= 15 is 0 Å². The highest BCUT2D eigenvalue weighted by Crippen LogP contribution is 2.21. The highest BCUT2D eigenvalue weighted by molar-refractivity contribution is 6.03. The molecule has 0 aliphatic rings. The number of rotatable bonds is 6. The Kier molecular flexibility index (Phi) is 5.52. The van der Waals surface area contributed by atoms with E-state index in [1.165, 1.54) is 11.1 Å². The summed E-state index contributed by atoms with van der Waals surface area (Å²) in [7, 11) is 0. The maximum atomic E-state index is 12.7. The molecule has 0 spiro atoms. The van der Waals surface area contributed by atoms with Gasteiger partial charge in [-0.05, 0) is 48.6 Å². The molecule has 29 heavy (non-hydrogen) atoms. The van der Waals surface area contributed by atoms with E-state index in [-0.39, 0.29) is 5.91 Å². The lowest BCUT2D eigenvalue weighted by molar-refractivity contribution is 0.102. The molecule has 0 saturated carbocycles. The molecule has 0 saturated heterocycles. The minimum atomic E-state index is -0.192. The van der Waals surface area contributed by atoms with Crippen molar-refractivity contribution in [2.24, 2.45) is 0 Å². The lowest BCUT2D eigenvalue weighted by atomic mass is 10.0. The number of carbonyl (C=O) groups is 1. The van der Waals surface area contributed by atoms with E-state index in [9.17, 15) is 4.79 Å². The van der Waals surface area contributed by atoms with E-state index in [1.807, 2.05) is 43.3 Å². The van der Waals surface area contributed by atoms with Crippen LogP contribution in [0.1, 0.15) is 27.2 Å². The molecule has 2 N–H and O–H groups in total. The third-order valence-electron chi connectivity index (χ3n) is 4.99. The van der Waals surface area contributed by atoms with Crippen molar-refractivity contribution in [3.8, 4) is 11.3 Å². The van der Waals surface area contributed by atoms with E-state index in [1.54, 1.807) is 6.07 Å². The maximum Gasteiger partial charge on any atom is 0.273 e. The second-order valence-electron chi connectivity index (χ2n) is 7.12. The van der Waals surface area contributed by atoms with Crippen LogP contribution in [0.3, 0.4) is 0 Å². The molecule has 4 rings (SSSR count). The van der Waals surface area contributed by atoms with Crippen molar-refractivity contribution in [1.82, 2.24) is 10.2 Å². The largest absolute Gasteiger partial charge is 0.320 e. The van der Waals surface area contributed by atoms with Crippen molar-refractivity contribution < 1.29 is 4.79 Å². The Hall–Kier alpha value is -3.66. The van der Waals surface area contributed by atoms with Crippen LogP contribution in [0.15, 0.2) is 84.9 Å². The van der Waals surface area contributed by atoms with E-state index in [0.29, 0.717) is 5.69 Å². The number of benzene rings is 3. The molecule has 0 radical (unpaired) electrons. The number of nitrogens with zero attached hydrogens (tertiary/aromatic N) is 1. The summed E-state index contributed by atoms with van der Waals surface area (Å²) in [5.74, 6) is -0.192. The Bertz CT molecular complexity index is 1100. The fourth-order valence-corrected chi connectivity index (χ4v) is 3.28. The summed E-state index contributed by atoms with van der Waals surface area (Å²) in [6, 6.07) is 28.2. The number of aromatic amines is 1. The Morgan fingerprint density at radius 2 is 1.55 bits per heavy atom. The number of hydrogen-bond acceptors (Lipinski definition) is 2. The molecule has 0 aliphatic carbocycles. The van der Waals surface area contributed by atoms with Gasteiger partial charge in [0.1, 0.15) is 5.69 Å². The molecule has 0 aliphatic heterocycles. The first kappa shape index (κ1) is 18.7. The fraction of sp³-hybridized carbons (Fsp3) is 0.120. The Morgan fingerprint density at radius 3 is 2.31 bits per heavy atom. The molecule has 4 heteroatoms. The summed E-state index contributed by atoms with van der Waals surface area (Å²) in [6.07, 6.45) is 1.90. The van der Waals surface area contributed by atoms with Crippen LogP contribution in [0, 0.1) is 6.92 Å². The molecule has 3 aromatic carbocycles. The lowest BCUT2D eigenvalue weighted by Gasteiger charge is -2.10. The van der Waals surface area contributed by atoms with Crippen LogP contribution in [0.4, 0.5) is 5.69 Å². The number of anilines is 1. The zero-order valence-corrected chi connectivity index (χ0v) is 16.4. The van der Waals surface area contributed by atoms with Crippen LogP contribution < -0.4 is 5.32 Å². The number of carbonyl (C=O) groups excluding carboxylic acids is 1. The Balaban J connectivity index is 1.46. The van der Waals surface area contributed by atoms with Gasteiger partial charge in [-0.1, -0.05) is 72.8 Å². The standard InChI is InChI=1S/C25H23N3O/c1-18-12-13-20(15-14-19-8-4-2-5-9-19)16-22(18)26-25(29)24-17-23(27-28-24)21-10-6-3-7-11-21/h2-13,16-17H,14-15H2,1H3,(H,26,29)(H,27,28). The monoisotopic (exact) mass is 381 g/mol. The highest BCUT2D eigenvalue weighted by Gasteiger charge is 2.12. The first-order chi connectivity index (χ1) is 14.2. The number of hydrogen-bond donors (Lipinski definition) is 2. The Labute approximate surface area is 170 Å². The minimum Gasteiger partial charge on any atom is -0.320 e. The van der Waals surface area contributed by atoms with E-state index in [4.69, 9.17) is 0 Å². The summed E-state index contributed by atoms with van der Waals surface area (Å²) < 4.78 is 0. The topological polar surface area (TPSA) is 57.8 Å². The molecule has 144 valence electrons. The minimum absolute atomic E-state index is 0.192. The van der Waals surface area contributed by atoms with Crippen LogP contribution in [-0.2, 0) is 12.8 Å². The molecule has 1 heterocycles. The average Bonchev–Trinajstić information content (AvgIpc) is 3.26. The van der Waals surface area contributed by atoms with Crippen molar-refractivity contribution >= 4 is 11.6 Å². The zero-order valence-electron chi connectivity index (χ0n) is 16.4. The van der Waals surface area contributed by atoms with Crippen molar-refractivity contribution in [3.63, 3.8) is 0 Å². The van der Waals surface area contributed by atoms with Gasteiger partial charge in [-0.3, -0.25) is 9.89 Å². The summed E-state index contributed by atoms with van der Waals surface area (Å²) in [6.45, 7) is 2.00. The van der Waals surface area contributed by atoms with Gasteiger partial charge in [0.15, 0.2) is 0 Å². The molecule has 4 nitrogen and oxygen atoms in total. The normalized spacial score (nSPS) is 10.7. The first-order valence-electron chi connectivity index (χ1n) is 9.75. The van der Waals surface area contributed by atoms with Crippen LogP contribution in [-0.4, -0.2) is 16.1 Å². The number of nitrogens with one attached hydrogen (secondary N) is 2. The number of H-pyrrole nitrogens is 1. The quantitative estimate of drug-likeness (QED) is 0.468. The van der Waals surface area contributed by atoms with Crippen LogP contribution in [0.25, 0.3) is 11.3 Å². The van der Waals surface area contributed by atoms with Crippen molar-refractivity contribution in [1.29, 1.82) is 0 Å². The molecule has 0 fully saturated rings. The van der Waals surface area contributed by atoms with Gasteiger partial charge in [0.05, 0.1) is 5.69 Å². The highest BCUT2D eigenvalue weighted by atomic mass is 16.1. The predicted molar refractivity (Wildman–Crippen MR) is 117 cm³/mol. The zero-order chi connectivity index (χ0) is 20.1. The fourth-order valence-electron chi connectivity index (χ4n) is 3.28. The molecular weight excluding hydrogens is 358 g/mol. The van der Waals surface area contributed by atoms with Gasteiger partial charge in [0.25, 0.3) is 5.91 Å². The molecule has 1 amide bonds. The van der Waals surface area contributed by atoms with Gasteiger partial charge in [-0.2, -0.15) is 5.10 Å². The van der Waals surface area contributed by atoms with Crippen LogP contribution >= 0.6 is 0 Å². The molecule has 0 atom stereocenters. The second kappa shape index (κ2) is 8.57. The summed E-state index contributed by atoms with van der Waals surface area (Å²) in [4.78, 5) is 12.7. The van der Waals surface area contributed by atoms with Crippen LogP contribution in [0.5, 0.6) is 0 Å². The van der Waals surface area contributed by atoms with Gasteiger partial charge in [-0.25, -0.2) is 0 Å². The SMILES string of the molecule is Cc1ccc(CCc2ccccc2)cc1NC(=O)c1cc(-c2ccccc2)n[nH]1. The molecule has 0 bridgehead atoms. The molecule has 0 unspecified atom stereocenters. The van der Waals surface area contributed by atoms with Gasteiger partial charge >= 0.3 is 0 Å². The predicted octanol–water partition coefficient (Wildman–Crippen LogP) is 5.42. The van der Waals surface area contributed by atoms with E-state index in [2.05, 4.69) is 58.0 Å². The summed E-state index contributed by atoms with van der Waals surface area (Å²) >= 11 is 0.